The van der Waals surface area contributed by atoms with Crippen molar-refractivity contribution in [2.24, 2.45) is 0 Å². The molecule has 5 nitrogen and oxygen atoms in total. The fourth-order valence-corrected chi connectivity index (χ4v) is 3.71. The molecule has 0 N–H and O–H groups in total. The van der Waals surface area contributed by atoms with Crippen LogP contribution in [0.2, 0.25) is 0 Å². The Labute approximate surface area is 144 Å². The average molecular weight is 339 g/mol. The maximum absolute atomic E-state index is 13.0. The van der Waals surface area contributed by atoms with Crippen LogP contribution in [-0.2, 0) is 13.1 Å². The smallest absolute Gasteiger partial charge is 0.255 e. The molecule has 1 aliphatic heterocycles. The van der Waals surface area contributed by atoms with Gasteiger partial charge in [-0.05, 0) is 29.1 Å². The highest BCUT2D eigenvalue weighted by molar-refractivity contribution is 7.08. The third kappa shape index (κ3) is 2.59. The quantitative estimate of drug-likeness (QED) is 0.735. The van der Waals surface area contributed by atoms with Crippen LogP contribution in [-0.4, -0.2) is 27.5 Å². The molecule has 4 rings (SSSR count). The summed E-state index contributed by atoms with van der Waals surface area (Å²) in [5, 5.41) is 3.83. The lowest BCUT2D eigenvalue weighted by Gasteiger charge is -2.36. The highest BCUT2D eigenvalue weighted by Gasteiger charge is 2.32. The minimum absolute atomic E-state index is 0.0231. The summed E-state index contributed by atoms with van der Waals surface area (Å²) in [6, 6.07) is 9.78. The summed E-state index contributed by atoms with van der Waals surface area (Å²) in [6.45, 7) is 1.22. The van der Waals surface area contributed by atoms with E-state index in [-0.39, 0.29) is 11.9 Å². The van der Waals surface area contributed by atoms with Crippen molar-refractivity contribution in [3.8, 4) is 5.75 Å². The van der Waals surface area contributed by atoms with Crippen LogP contribution in [0.15, 0.2) is 53.5 Å². The van der Waals surface area contributed by atoms with Crippen molar-refractivity contribution < 1.29 is 9.53 Å². The molecule has 0 radical (unpaired) electrons. The zero-order chi connectivity index (χ0) is 16.5. The Balaban J connectivity index is 1.71. The largest absolute Gasteiger partial charge is 0.497 e. The molecule has 0 saturated carbocycles. The van der Waals surface area contributed by atoms with Crippen molar-refractivity contribution in [2.45, 2.75) is 19.1 Å². The van der Waals surface area contributed by atoms with E-state index < -0.39 is 0 Å². The topological polar surface area (TPSA) is 47.4 Å². The number of fused-ring (bicyclic) bond motifs is 1. The molecule has 0 fully saturated rings. The van der Waals surface area contributed by atoms with E-state index in [0.29, 0.717) is 13.1 Å². The number of methoxy groups -OCH3 is 1. The van der Waals surface area contributed by atoms with Gasteiger partial charge in [0.15, 0.2) is 0 Å². The Hall–Kier alpha value is -2.60. The van der Waals surface area contributed by atoms with Crippen LogP contribution in [0.5, 0.6) is 5.75 Å². The molecule has 6 heteroatoms. The van der Waals surface area contributed by atoms with E-state index in [1.165, 1.54) is 11.3 Å². The fraction of sp³-hybridized carbons (Fsp3) is 0.222. The Bertz CT molecular complexity index is 840. The number of thiophene rings is 1. The highest BCUT2D eigenvalue weighted by atomic mass is 32.1. The molecule has 2 aromatic heterocycles. The van der Waals surface area contributed by atoms with Gasteiger partial charge < -0.3 is 14.2 Å². The lowest BCUT2D eigenvalue weighted by Crippen LogP contribution is -2.41. The molecule has 0 aliphatic carbocycles. The molecule has 1 aromatic carbocycles. The average Bonchev–Trinajstić information content (AvgIpc) is 3.31. The van der Waals surface area contributed by atoms with Gasteiger partial charge >= 0.3 is 0 Å². The third-order valence-electron chi connectivity index (χ3n) is 4.39. The zero-order valence-electron chi connectivity index (χ0n) is 13.3. The van der Waals surface area contributed by atoms with E-state index in [1.54, 1.807) is 13.3 Å². The summed E-state index contributed by atoms with van der Waals surface area (Å²) < 4.78 is 7.36. The molecule has 24 heavy (non-hydrogen) atoms. The van der Waals surface area contributed by atoms with Crippen molar-refractivity contribution in [1.82, 2.24) is 14.5 Å². The van der Waals surface area contributed by atoms with Gasteiger partial charge in [-0.3, -0.25) is 4.79 Å². The number of rotatable bonds is 3. The van der Waals surface area contributed by atoms with Gasteiger partial charge in [-0.15, -0.1) is 0 Å². The van der Waals surface area contributed by atoms with Gasteiger partial charge in [0.05, 0.1) is 25.3 Å². The van der Waals surface area contributed by atoms with Gasteiger partial charge in [0.1, 0.15) is 11.6 Å². The first-order chi connectivity index (χ1) is 11.8. The second kappa shape index (κ2) is 6.13. The van der Waals surface area contributed by atoms with Crippen LogP contribution >= 0.6 is 11.3 Å². The molecule has 1 amide bonds. The Kier molecular flexibility index (Phi) is 3.82. The van der Waals surface area contributed by atoms with Gasteiger partial charge in [-0.25, -0.2) is 4.98 Å². The van der Waals surface area contributed by atoms with E-state index in [1.807, 2.05) is 52.2 Å². The van der Waals surface area contributed by atoms with Crippen LogP contribution in [0.4, 0.5) is 0 Å². The van der Waals surface area contributed by atoms with Crippen LogP contribution in [0.3, 0.4) is 0 Å². The van der Waals surface area contributed by atoms with Crippen molar-refractivity contribution in [3.05, 3.63) is 70.4 Å². The molecular formula is C18H17N3O2S. The fourth-order valence-electron chi connectivity index (χ4n) is 3.08. The van der Waals surface area contributed by atoms with Crippen LogP contribution in [0, 0.1) is 0 Å². The minimum Gasteiger partial charge on any atom is -0.497 e. The molecular weight excluding hydrogens is 322 g/mol. The van der Waals surface area contributed by atoms with E-state index in [9.17, 15) is 4.79 Å². The molecule has 1 atom stereocenters. The standard InChI is InChI=1S/C18H17N3O2S/c1-23-15-4-2-13(3-5-15)16-10-20-8-7-19-17(20)11-21(16)18(22)14-6-9-24-12-14/h2-9,12,16H,10-11H2,1H3/t16-/m1/s1. The lowest BCUT2D eigenvalue weighted by atomic mass is 10.0. The molecule has 1 aliphatic rings. The van der Waals surface area contributed by atoms with Crippen molar-refractivity contribution in [3.63, 3.8) is 0 Å². The summed E-state index contributed by atoms with van der Waals surface area (Å²) >= 11 is 1.54. The second-order valence-electron chi connectivity index (χ2n) is 5.73. The van der Waals surface area contributed by atoms with Crippen LogP contribution in [0.1, 0.15) is 27.8 Å². The number of carbonyl (C=O) groups excluding carboxylic acids is 1. The summed E-state index contributed by atoms with van der Waals surface area (Å²) in [5.74, 6) is 1.78. The minimum atomic E-state index is -0.0231. The number of amides is 1. The molecule has 0 spiro atoms. The summed E-state index contributed by atoms with van der Waals surface area (Å²) in [4.78, 5) is 19.3. The summed E-state index contributed by atoms with van der Waals surface area (Å²) in [6.07, 6.45) is 3.76. The first-order valence-electron chi connectivity index (χ1n) is 7.73. The molecule has 0 saturated heterocycles. The number of benzene rings is 1. The first kappa shape index (κ1) is 15.0. The maximum atomic E-state index is 13.0. The van der Waals surface area contributed by atoms with E-state index in [4.69, 9.17) is 4.74 Å². The van der Waals surface area contributed by atoms with E-state index in [0.717, 1.165) is 22.7 Å². The Morgan fingerprint density at radius 3 is 2.83 bits per heavy atom. The van der Waals surface area contributed by atoms with Gasteiger partial charge in [0.2, 0.25) is 0 Å². The van der Waals surface area contributed by atoms with Crippen LogP contribution in [0.25, 0.3) is 0 Å². The number of nitrogens with zero attached hydrogens (tertiary/aromatic N) is 3. The Morgan fingerprint density at radius 1 is 1.29 bits per heavy atom. The molecule has 3 heterocycles. The lowest BCUT2D eigenvalue weighted by molar-refractivity contribution is 0.0585. The van der Waals surface area contributed by atoms with E-state index in [2.05, 4.69) is 9.55 Å². The first-order valence-corrected chi connectivity index (χ1v) is 8.67. The van der Waals surface area contributed by atoms with Crippen molar-refractivity contribution in [2.75, 3.05) is 7.11 Å². The van der Waals surface area contributed by atoms with Gasteiger partial charge in [-0.2, -0.15) is 11.3 Å². The number of imidazole rings is 1. The maximum Gasteiger partial charge on any atom is 0.255 e. The van der Waals surface area contributed by atoms with Gasteiger partial charge in [0.25, 0.3) is 5.91 Å². The second-order valence-corrected chi connectivity index (χ2v) is 6.51. The Morgan fingerprint density at radius 2 is 2.12 bits per heavy atom. The summed E-state index contributed by atoms with van der Waals surface area (Å²) in [5.41, 5.74) is 1.83. The number of aromatic nitrogens is 2. The number of hydrogen-bond acceptors (Lipinski definition) is 4. The molecule has 0 bridgehead atoms. The summed E-state index contributed by atoms with van der Waals surface area (Å²) in [7, 11) is 1.65. The van der Waals surface area contributed by atoms with Crippen molar-refractivity contribution in [1.29, 1.82) is 0 Å². The normalized spacial score (nSPS) is 16.7. The van der Waals surface area contributed by atoms with Crippen LogP contribution < -0.4 is 4.74 Å². The number of carbonyl (C=O) groups is 1. The van der Waals surface area contributed by atoms with Gasteiger partial charge in [-0.1, -0.05) is 12.1 Å². The third-order valence-corrected chi connectivity index (χ3v) is 5.07. The monoisotopic (exact) mass is 339 g/mol. The molecule has 0 unspecified atom stereocenters. The zero-order valence-corrected chi connectivity index (χ0v) is 14.1. The van der Waals surface area contributed by atoms with Crippen molar-refractivity contribution >= 4 is 17.2 Å². The predicted octanol–water partition coefficient (Wildman–Crippen LogP) is 3.35. The highest BCUT2D eigenvalue weighted by Crippen LogP contribution is 2.31. The van der Waals surface area contributed by atoms with Gasteiger partial charge in [0, 0.05) is 24.3 Å². The molecule has 3 aromatic rings. The molecule has 122 valence electrons. The predicted molar refractivity (Wildman–Crippen MR) is 92.2 cm³/mol. The number of hydrogen-bond donors (Lipinski definition) is 0. The SMILES string of the molecule is COc1ccc([C@H]2Cn3ccnc3CN2C(=O)c2ccsc2)cc1. The van der Waals surface area contributed by atoms with E-state index >= 15 is 0 Å². The number of ether oxygens (including phenoxy) is 1.